The Morgan fingerprint density at radius 2 is 2.35 bits per heavy atom. The lowest BCUT2D eigenvalue weighted by Crippen LogP contribution is -2.33. The predicted molar refractivity (Wildman–Crippen MR) is 67.0 cm³/mol. The second kappa shape index (κ2) is 4.77. The molecule has 2 aromatic rings. The van der Waals surface area contributed by atoms with E-state index in [1.165, 1.54) is 7.11 Å². The molecule has 0 aliphatic carbocycles. The molecule has 1 aromatic carbocycles. The largest absolute Gasteiger partial charge is 0.468 e. The third-order valence-corrected chi connectivity index (χ3v) is 2.91. The van der Waals surface area contributed by atoms with Gasteiger partial charge in [-0.15, -0.1) is 0 Å². The molecule has 0 radical (unpaired) electrons. The molecule has 1 aromatic heterocycles. The van der Waals surface area contributed by atoms with Gasteiger partial charge in [-0.05, 0) is 17.7 Å². The van der Waals surface area contributed by atoms with Gasteiger partial charge in [0.05, 0.1) is 7.11 Å². The average Bonchev–Trinajstić information content (AvgIpc) is 2.70. The molecule has 0 spiro atoms. The topological polar surface area (TPSA) is 68.1 Å². The van der Waals surface area contributed by atoms with E-state index < -0.39 is 12.0 Å². The van der Waals surface area contributed by atoms with Gasteiger partial charge in [0.2, 0.25) is 0 Å². The molecule has 3 N–H and O–H groups in total. The standard InChI is InChI=1S/C12H13ClN2O2/c1-17-12(16)10(14)4-7-6-15-11-5-8(13)2-3-9(7)11/h2-3,5-6,10,15H,4,14H2,1H3/t10-/m0/s1. The minimum atomic E-state index is -0.644. The van der Waals surface area contributed by atoms with Gasteiger partial charge >= 0.3 is 5.97 Å². The van der Waals surface area contributed by atoms with Crippen LogP contribution in [0, 0.1) is 0 Å². The summed E-state index contributed by atoms with van der Waals surface area (Å²) in [6, 6.07) is 4.91. The first kappa shape index (κ1) is 12.0. The molecule has 2 rings (SSSR count). The first-order valence-electron chi connectivity index (χ1n) is 5.20. The summed E-state index contributed by atoms with van der Waals surface area (Å²) in [6.07, 6.45) is 2.28. The summed E-state index contributed by atoms with van der Waals surface area (Å²) in [6.45, 7) is 0. The van der Waals surface area contributed by atoms with Crippen molar-refractivity contribution >= 4 is 28.5 Å². The molecule has 4 nitrogen and oxygen atoms in total. The van der Waals surface area contributed by atoms with E-state index in [1.807, 2.05) is 24.4 Å². The minimum absolute atomic E-state index is 0.409. The molecule has 0 saturated heterocycles. The number of aromatic amines is 1. The molecular formula is C12H13ClN2O2. The zero-order valence-electron chi connectivity index (χ0n) is 9.37. The number of nitrogens with one attached hydrogen (secondary N) is 1. The van der Waals surface area contributed by atoms with Crippen molar-refractivity contribution in [1.29, 1.82) is 0 Å². The number of esters is 1. The lowest BCUT2D eigenvalue weighted by atomic mass is 10.1. The SMILES string of the molecule is COC(=O)[C@@H](N)Cc1c[nH]c2cc(Cl)ccc12. The summed E-state index contributed by atoms with van der Waals surface area (Å²) in [5, 5.41) is 1.69. The van der Waals surface area contributed by atoms with Gasteiger partial charge in [0.15, 0.2) is 0 Å². The van der Waals surface area contributed by atoms with E-state index in [1.54, 1.807) is 0 Å². The van der Waals surface area contributed by atoms with Crippen molar-refractivity contribution in [3.05, 3.63) is 35.0 Å². The molecule has 1 heterocycles. The molecule has 0 aliphatic rings. The predicted octanol–water partition coefficient (Wildman–Crippen LogP) is 1.86. The van der Waals surface area contributed by atoms with Crippen LogP contribution >= 0.6 is 11.6 Å². The van der Waals surface area contributed by atoms with Crippen LogP contribution in [-0.2, 0) is 16.0 Å². The molecule has 0 fully saturated rings. The number of carbonyl (C=O) groups excluding carboxylic acids is 1. The Bertz CT molecular complexity index is 550. The third kappa shape index (κ3) is 2.43. The molecule has 0 saturated carbocycles. The number of methoxy groups -OCH3 is 1. The number of ether oxygens (including phenoxy) is 1. The van der Waals surface area contributed by atoms with Crippen LogP contribution in [0.1, 0.15) is 5.56 Å². The number of carbonyl (C=O) groups is 1. The number of fused-ring (bicyclic) bond motifs is 1. The Morgan fingerprint density at radius 3 is 3.06 bits per heavy atom. The highest BCUT2D eigenvalue weighted by Gasteiger charge is 2.16. The van der Waals surface area contributed by atoms with E-state index in [0.29, 0.717) is 11.4 Å². The molecule has 90 valence electrons. The Hall–Kier alpha value is -1.52. The normalized spacial score (nSPS) is 12.6. The highest BCUT2D eigenvalue weighted by molar-refractivity contribution is 6.31. The fourth-order valence-electron chi connectivity index (χ4n) is 1.80. The smallest absolute Gasteiger partial charge is 0.322 e. The Morgan fingerprint density at radius 1 is 1.59 bits per heavy atom. The maximum Gasteiger partial charge on any atom is 0.322 e. The number of nitrogens with two attached hydrogens (primary N) is 1. The summed E-state index contributed by atoms with van der Waals surface area (Å²) < 4.78 is 4.60. The molecule has 17 heavy (non-hydrogen) atoms. The van der Waals surface area contributed by atoms with Crippen LogP contribution in [0.3, 0.4) is 0 Å². The summed E-state index contributed by atoms with van der Waals surface area (Å²) in [5.74, 6) is -0.409. The fourth-order valence-corrected chi connectivity index (χ4v) is 1.97. The minimum Gasteiger partial charge on any atom is -0.468 e. The van der Waals surface area contributed by atoms with Gasteiger partial charge in [0, 0.05) is 28.5 Å². The number of hydrogen-bond donors (Lipinski definition) is 2. The third-order valence-electron chi connectivity index (χ3n) is 2.67. The number of halogens is 1. The molecule has 0 bridgehead atoms. The van der Waals surface area contributed by atoms with Gasteiger partial charge in [-0.2, -0.15) is 0 Å². The van der Waals surface area contributed by atoms with Crippen molar-refractivity contribution < 1.29 is 9.53 Å². The molecule has 5 heteroatoms. The van der Waals surface area contributed by atoms with Crippen molar-refractivity contribution in [2.24, 2.45) is 5.73 Å². The summed E-state index contributed by atoms with van der Waals surface area (Å²) in [7, 11) is 1.33. The van der Waals surface area contributed by atoms with Crippen molar-refractivity contribution in [3.8, 4) is 0 Å². The lowest BCUT2D eigenvalue weighted by molar-refractivity contribution is -0.142. The Balaban J connectivity index is 2.28. The molecule has 0 amide bonds. The number of hydrogen-bond acceptors (Lipinski definition) is 3. The average molecular weight is 253 g/mol. The summed E-state index contributed by atoms with van der Waals surface area (Å²) in [5.41, 5.74) is 7.64. The number of aromatic nitrogens is 1. The second-order valence-corrected chi connectivity index (χ2v) is 4.27. The van der Waals surface area contributed by atoms with Gasteiger partial charge in [0.1, 0.15) is 6.04 Å². The number of H-pyrrole nitrogens is 1. The first-order chi connectivity index (χ1) is 8.11. The number of rotatable bonds is 3. The quantitative estimate of drug-likeness (QED) is 0.820. The molecule has 0 unspecified atom stereocenters. The first-order valence-corrected chi connectivity index (χ1v) is 5.58. The van der Waals surface area contributed by atoms with Crippen molar-refractivity contribution in [1.82, 2.24) is 4.98 Å². The van der Waals surface area contributed by atoms with Crippen LogP contribution in [0.25, 0.3) is 10.9 Å². The van der Waals surface area contributed by atoms with Crippen LogP contribution in [0.2, 0.25) is 5.02 Å². The van der Waals surface area contributed by atoms with E-state index in [-0.39, 0.29) is 0 Å². The van der Waals surface area contributed by atoms with Crippen LogP contribution in [-0.4, -0.2) is 24.1 Å². The van der Waals surface area contributed by atoms with Crippen LogP contribution in [0.5, 0.6) is 0 Å². The highest BCUT2D eigenvalue weighted by atomic mass is 35.5. The number of benzene rings is 1. The van der Waals surface area contributed by atoms with E-state index in [0.717, 1.165) is 16.5 Å². The lowest BCUT2D eigenvalue weighted by Gasteiger charge is -2.07. The van der Waals surface area contributed by atoms with E-state index in [2.05, 4.69) is 9.72 Å². The summed E-state index contributed by atoms with van der Waals surface area (Å²) >= 11 is 5.89. The Labute approximate surface area is 104 Å². The zero-order chi connectivity index (χ0) is 12.4. The Kier molecular flexibility index (Phi) is 3.36. The van der Waals surface area contributed by atoms with Crippen molar-refractivity contribution in [2.75, 3.05) is 7.11 Å². The molecule has 0 aliphatic heterocycles. The van der Waals surface area contributed by atoms with Gasteiger partial charge in [-0.1, -0.05) is 17.7 Å². The molecule has 1 atom stereocenters. The monoisotopic (exact) mass is 252 g/mol. The highest BCUT2D eigenvalue weighted by Crippen LogP contribution is 2.22. The van der Waals surface area contributed by atoms with Crippen LogP contribution < -0.4 is 5.73 Å². The van der Waals surface area contributed by atoms with Gasteiger partial charge in [-0.3, -0.25) is 4.79 Å². The second-order valence-electron chi connectivity index (χ2n) is 3.84. The maximum absolute atomic E-state index is 11.2. The van der Waals surface area contributed by atoms with Crippen molar-refractivity contribution in [2.45, 2.75) is 12.5 Å². The van der Waals surface area contributed by atoms with Crippen LogP contribution in [0.4, 0.5) is 0 Å². The van der Waals surface area contributed by atoms with Gasteiger partial charge < -0.3 is 15.5 Å². The zero-order valence-corrected chi connectivity index (χ0v) is 10.1. The van der Waals surface area contributed by atoms with Gasteiger partial charge in [0.25, 0.3) is 0 Å². The molecular weight excluding hydrogens is 240 g/mol. The van der Waals surface area contributed by atoms with E-state index >= 15 is 0 Å². The summed E-state index contributed by atoms with van der Waals surface area (Å²) in [4.78, 5) is 14.3. The maximum atomic E-state index is 11.2. The van der Waals surface area contributed by atoms with Crippen LogP contribution in [0.15, 0.2) is 24.4 Å². The fraction of sp³-hybridized carbons (Fsp3) is 0.250. The van der Waals surface area contributed by atoms with E-state index in [4.69, 9.17) is 17.3 Å². The van der Waals surface area contributed by atoms with Gasteiger partial charge in [-0.25, -0.2) is 0 Å². The van der Waals surface area contributed by atoms with E-state index in [9.17, 15) is 4.79 Å². The van der Waals surface area contributed by atoms with Crippen molar-refractivity contribution in [3.63, 3.8) is 0 Å².